The first kappa shape index (κ1) is 23.9. The molecule has 0 aliphatic carbocycles. The van der Waals surface area contributed by atoms with Crippen molar-refractivity contribution in [2.75, 3.05) is 22.9 Å². The summed E-state index contributed by atoms with van der Waals surface area (Å²) < 4.78 is 2.18. The third-order valence-corrected chi connectivity index (χ3v) is 8.95. The summed E-state index contributed by atoms with van der Waals surface area (Å²) in [5.74, 6) is 0. The quantitative estimate of drug-likeness (QED) is 0.276. The minimum atomic E-state index is -0.274. The highest BCUT2D eigenvalue weighted by molar-refractivity contribution is 7.15. The second kappa shape index (κ2) is 9.45. The topological polar surface area (TPSA) is 84.0 Å². The lowest BCUT2D eigenvalue weighted by atomic mass is 9.98. The largest absolute Gasteiger partial charge is 0.368 e. The first-order chi connectivity index (χ1) is 17.9. The molecule has 6 rings (SSSR count). The predicted molar refractivity (Wildman–Crippen MR) is 150 cm³/mol. The minimum Gasteiger partial charge on any atom is -0.368 e. The summed E-state index contributed by atoms with van der Waals surface area (Å²) in [6.07, 6.45) is 8.40. The Balaban J connectivity index is 1.57. The molecule has 2 fully saturated rings. The number of anilines is 2. The average Bonchev–Trinajstić information content (AvgIpc) is 3.40. The Morgan fingerprint density at radius 1 is 1.00 bits per heavy atom. The lowest BCUT2D eigenvalue weighted by Crippen LogP contribution is -2.40. The SMILES string of the molecule is C[C@@H]1CCCCN1c1cc(N2CCCC[C@@H]2C)c(/C=c2/sc3nc4ccccc4n3c2=O)cc1[N+](=O)[O-]. The number of hydrogen-bond donors (Lipinski definition) is 0. The van der Waals surface area contributed by atoms with Crippen LogP contribution in [-0.4, -0.2) is 39.5 Å². The summed E-state index contributed by atoms with van der Waals surface area (Å²) in [4.78, 5) is 35.4. The van der Waals surface area contributed by atoms with E-state index in [1.165, 1.54) is 17.8 Å². The third kappa shape index (κ3) is 4.15. The second-order valence-corrected chi connectivity index (χ2v) is 11.4. The van der Waals surface area contributed by atoms with Crippen LogP contribution in [0.4, 0.5) is 17.1 Å². The van der Waals surface area contributed by atoms with Gasteiger partial charge in [0, 0.05) is 42.5 Å². The van der Waals surface area contributed by atoms with Crippen LogP contribution < -0.4 is 19.9 Å². The van der Waals surface area contributed by atoms with Gasteiger partial charge in [0.1, 0.15) is 5.69 Å². The van der Waals surface area contributed by atoms with Crippen molar-refractivity contribution >= 4 is 50.5 Å². The third-order valence-electron chi connectivity index (χ3n) is 7.98. The molecule has 0 amide bonds. The van der Waals surface area contributed by atoms with Crippen LogP contribution in [0.2, 0.25) is 0 Å². The van der Waals surface area contributed by atoms with Gasteiger partial charge in [-0.1, -0.05) is 23.5 Å². The lowest BCUT2D eigenvalue weighted by Gasteiger charge is -2.39. The summed E-state index contributed by atoms with van der Waals surface area (Å²) in [6, 6.07) is 11.9. The summed E-state index contributed by atoms with van der Waals surface area (Å²) in [5.41, 5.74) is 3.92. The summed E-state index contributed by atoms with van der Waals surface area (Å²) >= 11 is 1.33. The Morgan fingerprint density at radius 2 is 1.68 bits per heavy atom. The van der Waals surface area contributed by atoms with E-state index >= 15 is 0 Å². The van der Waals surface area contributed by atoms with Gasteiger partial charge < -0.3 is 9.80 Å². The van der Waals surface area contributed by atoms with Crippen molar-refractivity contribution in [1.29, 1.82) is 0 Å². The molecular formula is C28H31N5O3S. The number of imidazole rings is 1. The van der Waals surface area contributed by atoms with Crippen molar-refractivity contribution in [1.82, 2.24) is 9.38 Å². The van der Waals surface area contributed by atoms with Gasteiger partial charge >= 0.3 is 0 Å². The molecule has 37 heavy (non-hydrogen) atoms. The fourth-order valence-corrected chi connectivity index (χ4v) is 6.97. The van der Waals surface area contributed by atoms with E-state index in [4.69, 9.17) is 0 Å². The van der Waals surface area contributed by atoms with Crippen LogP contribution in [-0.2, 0) is 0 Å². The van der Waals surface area contributed by atoms with Crippen LogP contribution in [0.15, 0.2) is 41.2 Å². The fourth-order valence-electron chi connectivity index (χ4n) is 5.99. The number of benzene rings is 2. The molecule has 192 valence electrons. The van der Waals surface area contributed by atoms with Gasteiger partial charge in [0.05, 0.1) is 20.5 Å². The molecule has 9 heteroatoms. The molecule has 2 saturated heterocycles. The number of nitro benzene ring substituents is 1. The molecule has 4 heterocycles. The Labute approximate surface area is 219 Å². The molecule has 0 spiro atoms. The molecular weight excluding hydrogens is 486 g/mol. The van der Waals surface area contributed by atoms with Crippen LogP contribution >= 0.6 is 11.3 Å². The van der Waals surface area contributed by atoms with Crippen LogP contribution in [0, 0.1) is 10.1 Å². The van der Waals surface area contributed by atoms with Crippen LogP contribution in [0.5, 0.6) is 0 Å². The standard InChI is InChI=1S/C28H31N5O3S/c1-18-9-5-7-13-30(18)23-17-24(31-14-8-6-10-19(31)2)25(33(35)36)15-20(23)16-26-27(34)32-22-12-4-3-11-21(22)29-28(32)37-26/h3-4,11-12,15-19H,5-10,13-14H2,1-2H3/b26-16+/t18-,19+/m0/s1. The van der Waals surface area contributed by atoms with Crippen LogP contribution in [0.25, 0.3) is 22.1 Å². The summed E-state index contributed by atoms with van der Waals surface area (Å²) in [5, 5.41) is 12.3. The smallest absolute Gasteiger partial charge is 0.293 e. The molecule has 2 aromatic carbocycles. The van der Waals surface area contributed by atoms with E-state index in [1.807, 2.05) is 36.4 Å². The van der Waals surface area contributed by atoms with Crippen LogP contribution in [0.3, 0.4) is 0 Å². The molecule has 0 saturated carbocycles. The normalized spacial score (nSPS) is 21.3. The molecule has 2 aromatic heterocycles. The van der Waals surface area contributed by atoms with Gasteiger partial charge in [0.25, 0.3) is 11.2 Å². The highest BCUT2D eigenvalue weighted by Crippen LogP contribution is 2.40. The predicted octanol–water partition coefficient (Wildman–Crippen LogP) is 5.12. The van der Waals surface area contributed by atoms with Gasteiger partial charge in [-0.25, -0.2) is 9.38 Å². The molecule has 2 aliphatic rings. The van der Waals surface area contributed by atoms with E-state index in [9.17, 15) is 14.9 Å². The van der Waals surface area contributed by atoms with Crippen molar-refractivity contribution in [2.45, 2.75) is 64.5 Å². The zero-order valence-electron chi connectivity index (χ0n) is 21.2. The molecule has 0 N–H and O–H groups in total. The zero-order chi connectivity index (χ0) is 25.7. The Bertz CT molecular complexity index is 1610. The maximum atomic E-state index is 13.5. The molecule has 0 radical (unpaired) electrons. The van der Waals surface area contributed by atoms with E-state index in [2.05, 4.69) is 28.6 Å². The Morgan fingerprint density at radius 3 is 2.35 bits per heavy atom. The van der Waals surface area contributed by atoms with E-state index < -0.39 is 0 Å². The van der Waals surface area contributed by atoms with E-state index in [0.29, 0.717) is 21.2 Å². The molecule has 0 bridgehead atoms. The van der Waals surface area contributed by atoms with Crippen LogP contribution in [0.1, 0.15) is 57.9 Å². The van der Waals surface area contributed by atoms with Crippen molar-refractivity contribution in [3.8, 4) is 0 Å². The Kier molecular flexibility index (Phi) is 6.10. The van der Waals surface area contributed by atoms with Gasteiger partial charge in [0.15, 0.2) is 4.96 Å². The molecule has 0 unspecified atom stereocenters. The zero-order valence-corrected chi connectivity index (χ0v) is 22.0. The number of para-hydroxylation sites is 2. The molecule has 4 aromatic rings. The lowest BCUT2D eigenvalue weighted by molar-refractivity contribution is -0.384. The molecule has 2 aliphatic heterocycles. The van der Waals surface area contributed by atoms with Crippen molar-refractivity contribution in [3.63, 3.8) is 0 Å². The summed E-state index contributed by atoms with van der Waals surface area (Å²) in [7, 11) is 0. The highest BCUT2D eigenvalue weighted by atomic mass is 32.1. The first-order valence-electron chi connectivity index (χ1n) is 13.2. The number of piperidine rings is 2. The number of nitro groups is 1. The van der Waals surface area contributed by atoms with E-state index in [0.717, 1.165) is 67.5 Å². The fraction of sp³-hybridized carbons (Fsp3) is 0.429. The van der Waals surface area contributed by atoms with E-state index in [1.54, 1.807) is 10.5 Å². The molecule has 2 atom stereocenters. The average molecular weight is 518 g/mol. The van der Waals surface area contributed by atoms with Gasteiger partial charge in [-0.3, -0.25) is 14.9 Å². The van der Waals surface area contributed by atoms with Crippen molar-refractivity contribution in [3.05, 3.63) is 67.0 Å². The first-order valence-corrected chi connectivity index (χ1v) is 14.0. The Hall–Kier alpha value is -3.46. The van der Waals surface area contributed by atoms with Gasteiger partial charge in [0.2, 0.25) is 0 Å². The number of fused-ring (bicyclic) bond motifs is 3. The minimum absolute atomic E-state index is 0.104. The number of nitrogens with zero attached hydrogens (tertiary/aromatic N) is 5. The number of aromatic nitrogens is 2. The van der Waals surface area contributed by atoms with E-state index in [-0.39, 0.29) is 22.2 Å². The number of rotatable bonds is 4. The van der Waals surface area contributed by atoms with Gasteiger partial charge in [-0.15, -0.1) is 0 Å². The maximum absolute atomic E-state index is 13.5. The van der Waals surface area contributed by atoms with Gasteiger partial charge in [-0.05, 0) is 76.6 Å². The molecule has 8 nitrogen and oxygen atoms in total. The maximum Gasteiger partial charge on any atom is 0.293 e. The number of hydrogen-bond acceptors (Lipinski definition) is 7. The van der Waals surface area contributed by atoms with Gasteiger partial charge in [-0.2, -0.15) is 0 Å². The van der Waals surface area contributed by atoms with Crippen molar-refractivity contribution < 1.29 is 4.92 Å². The highest BCUT2D eigenvalue weighted by Gasteiger charge is 2.30. The van der Waals surface area contributed by atoms with Crippen molar-refractivity contribution in [2.24, 2.45) is 0 Å². The summed E-state index contributed by atoms with van der Waals surface area (Å²) in [6.45, 7) is 6.09. The second-order valence-electron chi connectivity index (χ2n) is 10.4. The monoisotopic (exact) mass is 517 g/mol. The number of thiazole rings is 1.